The average Bonchev–Trinajstić information content (AvgIpc) is 2.95. The summed E-state index contributed by atoms with van der Waals surface area (Å²) in [6.45, 7) is 7.37. The van der Waals surface area contributed by atoms with Gasteiger partial charge in [0.1, 0.15) is 6.61 Å². The van der Waals surface area contributed by atoms with Crippen LogP contribution in [0.5, 0.6) is 0 Å². The largest absolute Gasteiger partial charge is 0.379 e. The Morgan fingerprint density at radius 1 is 0.231 bits per heavy atom. The second-order valence-corrected chi connectivity index (χ2v) is 12.2. The van der Waals surface area contributed by atoms with Crippen LogP contribution in [0.2, 0.25) is 0 Å². The van der Waals surface area contributed by atoms with Gasteiger partial charge in [-0.2, -0.15) is 0 Å². The molecule has 0 saturated carbocycles. The third-order valence-electron chi connectivity index (χ3n) is 8.12. The van der Waals surface area contributed by atoms with Gasteiger partial charge in [-0.25, -0.2) is 9.78 Å². The number of unbranched alkanes of at least 4 members (excludes halogenated alkanes) is 28. The van der Waals surface area contributed by atoms with Crippen LogP contribution >= 0.6 is 0 Å². The molecule has 236 valence electrons. The zero-order chi connectivity index (χ0) is 28.2. The third kappa shape index (κ3) is 37.9. The van der Waals surface area contributed by atoms with Crippen molar-refractivity contribution in [2.45, 2.75) is 206 Å². The fraction of sp³-hybridized carbons (Fsp3) is 1.00. The highest BCUT2D eigenvalue weighted by atomic mass is 17.2. The number of hydrogen-bond donors (Lipinski definition) is 0. The van der Waals surface area contributed by atoms with Crippen molar-refractivity contribution in [3.63, 3.8) is 0 Å². The van der Waals surface area contributed by atoms with Gasteiger partial charge in [0.25, 0.3) is 0 Å². The van der Waals surface area contributed by atoms with Gasteiger partial charge in [0, 0.05) is 6.61 Å². The molecule has 0 aromatic heterocycles. The van der Waals surface area contributed by atoms with Crippen LogP contribution in [0.3, 0.4) is 0 Å². The molecule has 0 heterocycles. The molecule has 0 amide bonds. The highest BCUT2D eigenvalue weighted by Gasteiger charge is 1.97. The molecule has 0 aliphatic carbocycles. The van der Waals surface area contributed by atoms with Crippen LogP contribution in [0, 0.1) is 0 Å². The molecule has 0 aromatic carbocycles. The minimum atomic E-state index is 0.553. The summed E-state index contributed by atoms with van der Waals surface area (Å²) in [5.74, 6) is 0. The van der Waals surface area contributed by atoms with Gasteiger partial charge in [0.2, 0.25) is 0 Å². The highest BCUT2D eigenvalue weighted by Crippen LogP contribution is 2.14. The first-order valence-corrected chi connectivity index (χ1v) is 18.2. The summed E-state index contributed by atoms with van der Waals surface area (Å²) in [4.78, 5) is 10.6. The van der Waals surface area contributed by atoms with Gasteiger partial charge in [-0.15, -0.1) is 0 Å². The van der Waals surface area contributed by atoms with E-state index in [9.17, 15) is 0 Å². The molecule has 0 fully saturated rings. The molecule has 0 spiro atoms. The van der Waals surface area contributed by atoms with E-state index >= 15 is 0 Å². The standard InChI is InChI=1S/C36H74O3/c1-3-5-7-9-11-13-15-17-19-20-22-24-26-28-30-32-34-38-39-36-35-37-33-31-29-27-25-23-21-18-16-14-12-10-8-6-4-2/h3-36H2,1-2H3. The molecule has 0 radical (unpaired) electrons. The van der Waals surface area contributed by atoms with Crippen LogP contribution in [-0.2, 0) is 14.5 Å². The van der Waals surface area contributed by atoms with Gasteiger partial charge < -0.3 is 4.74 Å². The fourth-order valence-corrected chi connectivity index (χ4v) is 5.42. The summed E-state index contributed by atoms with van der Waals surface area (Å²) >= 11 is 0. The van der Waals surface area contributed by atoms with Crippen LogP contribution in [0.25, 0.3) is 0 Å². The van der Waals surface area contributed by atoms with E-state index in [2.05, 4.69) is 13.8 Å². The molecule has 0 atom stereocenters. The van der Waals surface area contributed by atoms with Crippen molar-refractivity contribution >= 4 is 0 Å². The van der Waals surface area contributed by atoms with Crippen molar-refractivity contribution in [1.29, 1.82) is 0 Å². The van der Waals surface area contributed by atoms with Crippen LogP contribution < -0.4 is 0 Å². The first-order chi connectivity index (χ1) is 19.4. The quantitative estimate of drug-likeness (QED) is 0.0438. The Hall–Kier alpha value is -0.120. The fourth-order valence-electron chi connectivity index (χ4n) is 5.42. The van der Waals surface area contributed by atoms with Crippen LogP contribution in [-0.4, -0.2) is 26.4 Å². The Bertz CT molecular complexity index is 365. The molecule has 3 nitrogen and oxygen atoms in total. The summed E-state index contributed by atoms with van der Waals surface area (Å²) in [5.41, 5.74) is 0. The molecule has 39 heavy (non-hydrogen) atoms. The molecule has 0 aromatic rings. The van der Waals surface area contributed by atoms with Crippen molar-refractivity contribution in [3.8, 4) is 0 Å². The minimum Gasteiger partial charge on any atom is -0.379 e. The van der Waals surface area contributed by atoms with E-state index in [1.54, 1.807) is 0 Å². The lowest BCUT2D eigenvalue weighted by Crippen LogP contribution is -2.06. The molecule has 3 heteroatoms. The van der Waals surface area contributed by atoms with Gasteiger partial charge in [-0.05, 0) is 12.8 Å². The van der Waals surface area contributed by atoms with E-state index in [4.69, 9.17) is 14.5 Å². The predicted molar refractivity (Wildman–Crippen MR) is 173 cm³/mol. The van der Waals surface area contributed by atoms with E-state index in [1.807, 2.05) is 0 Å². The Kier molecular flexibility index (Phi) is 37.8. The monoisotopic (exact) mass is 555 g/mol. The van der Waals surface area contributed by atoms with Gasteiger partial charge >= 0.3 is 0 Å². The topological polar surface area (TPSA) is 27.7 Å². The van der Waals surface area contributed by atoms with Crippen molar-refractivity contribution in [1.82, 2.24) is 0 Å². The lowest BCUT2D eigenvalue weighted by molar-refractivity contribution is -0.299. The summed E-state index contributed by atoms with van der Waals surface area (Å²) < 4.78 is 5.67. The molecule has 0 unspecified atom stereocenters. The lowest BCUT2D eigenvalue weighted by Gasteiger charge is -2.06. The third-order valence-corrected chi connectivity index (χ3v) is 8.12. The van der Waals surface area contributed by atoms with E-state index in [0.717, 1.165) is 19.6 Å². The zero-order valence-corrected chi connectivity index (χ0v) is 27.3. The predicted octanol–water partition coefficient (Wildman–Crippen LogP) is 12.7. The van der Waals surface area contributed by atoms with Crippen LogP contribution in [0.1, 0.15) is 206 Å². The van der Waals surface area contributed by atoms with E-state index < -0.39 is 0 Å². The Balaban J connectivity index is 3.01. The summed E-state index contributed by atoms with van der Waals surface area (Å²) in [7, 11) is 0. The average molecular weight is 555 g/mol. The normalized spacial score (nSPS) is 11.5. The van der Waals surface area contributed by atoms with Gasteiger partial charge in [-0.3, -0.25) is 0 Å². The molecule has 0 aliphatic rings. The molecular weight excluding hydrogens is 480 g/mol. The SMILES string of the molecule is CCCCCCCCCCCCCCCCCCOOCCOCCCCCCCCCCCCCCCC. The number of ether oxygens (including phenoxy) is 1. The van der Waals surface area contributed by atoms with E-state index in [0.29, 0.717) is 13.2 Å². The summed E-state index contributed by atoms with van der Waals surface area (Å²) in [6.07, 6.45) is 41.9. The van der Waals surface area contributed by atoms with Crippen molar-refractivity contribution in [3.05, 3.63) is 0 Å². The Morgan fingerprint density at radius 3 is 0.821 bits per heavy atom. The van der Waals surface area contributed by atoms with Crippen LogP contribution in [0.4, 0.5) is 0 Å². The molecule has 0 saturated heterocycles. The number of rotatable bonds is 36. The zero-order valence-electron chi connectivity index (χ0n) is 27.3. The maximum absolute atomic E-state index is 5.67. The molecule has 0 bridgehead atoms. The van der Waals surface area contributed by atoms with E-state index in [1.165, 1.54) is 186 Å². The second-order valence-electron chi connectivity index (χ2n) is 12.2. The molecular formula is C36H74O3. The Morgan fingerprint density at radius 2 is 0.487 bits per heavy atom. The smallest absolute Gasteiger partial charge is 0.106 e. The number of hydrogen-bond acceptors (Lipinski definition) is 3. The maximum Gasteiger partial charge on any atom is 0.106 e. The summed E-state index contributed by atoms with van der Waals surface area (Å²) in [5, 5.41) is 0. The first kappa shape index (κ1) is 38.9. The van der Waals surface area contributed by atoms with Crippen molar-refractivity contribution < 1.29 is 14.5 Å². The molecule has 0 N–H and O–H groups in total. The van der Waals surface area contributed by atoms with Gasteiger partial charge in [-0.1, -0.05) is 194 Å². The second kappa shape index (κ2) is 37.9. The first-order valence-electron chi connectivity index (χ1n) is 18.2. The molecule has 0 rings (SSSR count). The summed E-state index contributed by atoms with van der Waals surface area (Å²) in [6, 6.07) is 0. The van der Waals surface area contributed by atoms with Gasteiger partial charge in [0.15, 0.2) is 0 Å². The van der Waals surface area contributed by atoms with Gasteiger partial charge in [0.05, 0.1) is 13.2 Å². The highest BCUT2D eigenvalue weighted by molar-refractivity contribution is 4.51. The molecule has 0 aliphatic heterocycles. The van der Waals surface area contributed by atoms with Crippen molar-refractivity contribution in [2.75, 3.05) is 26.4 Å². The van der Waals surface area contributed by atoms with E-state index in [-0.39, 0.29) is 0 Å². The van der Waals surface area contributed by atoms with Crippen molar-refractivity contribution in [2.24, 2.45) is 0 Å². The Labute approximate surface area is 247 Å². The lowest BCUT2D eigenvalue weighted by atomic mass is 10.0. The maximum atomic E-state index is 5.67. The minimum absolute atomic E-state index is 0.553. The van der Waals surface area contributed by atoms with Crippen LogP contribution in [0.15, 0.2) is 0 Å².